The molecule has 1 aromatic carbocycles. The van der Waals surface area contributed by atoms with Gasteiger partial charge in [-0.3, -0.25) is 4.79 Å². The lowest BCUT2D eigenvalue weighted by molar-refractivity contribution is 0.0746. The molecule has 4 heteroatoms. The van der Waals surface area contributed by atoms with Crippen LogP contribution < -0.4 is 5.73 Å². The minimum absolute atomic E-state index is 0.0569. The Morgan fingerprint density at radius 2 is 2.12 bits per heavy atom. The Kier molecular flexibility index (Phi) is 4.82. The third-order valence-corrected chi connectivity index (χ3v) is 2.94. The number of benzene rings is 1. The van der Waals surface area contributed by atoms with Gasteiger partial charge in [-0.25, -0.2) is 0 Å². The molecule has 3 nitrogen and oxygen atoms in total. The van der Waals surface area contributed by atoms with Crippen LogP contribution in [0, 0.1) is 5.92 Å². The summed E-state index contributed by atoms with van der Waals surface area (Å²) in [6, 6.07) is 5.15. The number of carbonyl (C=O) groups is 1. The molecule has 0 aliphatic rings. The zero-order valence-electron chi connectivity index (χ0n) is 10.5. The van der Waals surface area contributed by atoms with Gasteiger partial charge in [0.2, 0.25) is 0 Å². The number of nitrogens with zero attached hydrogens (tertiary/aromatic N) is 1. The van der Waals surface area contributed by atoms with Crippen molar-refractivity contribution in [2.24, 2.45) is 5.92 Å². The van der Waals surface area contributed by atoms with E-state index in [-0.39, 0.29) is 5.91 Å². The molecule has 0 unspecified atom stereocenters. The average molecular weight is 255 g/mol. The molecule has 94 valence electrons. The molecule has 0 radical (unpaired) electrons. The first kappa shape index (κ1) is 13.8. The molecule has 1 aromatic rings. The lowest BCUT2D eigenvalue weighted by Crippen LogP contribution is -2.34. The normalized spacial score (nSPS) is 10.6. The summed E-state index contributed by atoms with van der Waals surface area (Å²) in [6.45, 7) is 7.51. The number of rotatable bonds is 4. The molecule has 17 heavy (non-hydrogen) atoms. The van der Waals surface area contributed by atoms with E-state index in [1.807, 2.05) is 6.92 Å². The summed E-state index contributed by atoms with van der Waals surface area (Å²) >= 11 is 6.05. The Morgan fingerprint density at radius 3 is 2.65 bits per heavy atom. The van der Waals surface area contributed by atoms with Crippen molar-refractivity contribution >= 4 is 23.2 Å². The molecule has 1 rings (SSSR count). The van der Waals surface area contributed by atoms with Crippen LogP contribution in [0.3, 0.4) is 0 Å². The Hall–Kier alpha value is -1.22. The summed E-state index contributed by atoms with van der Waals surface area (Å²) < 4.78 is 0. The average Bonchev–Trinajstić information content (AvgIpc) is 2.28. The van der Waals surface area contributed by atoms with Crippen LogP contribution in [0.2, 0.25) is 5.02 Å². The molecule has 0 aliphatic heterocycles. The largest absolute Gasteiger partial charge is 0.398 e. The number of nitrogens with two attached hydrogens (primary N) is 1. The van der Waals surface area contributed by atoms with Crippen molar-refractivity contribution in [3.8, 4) is 0 Å². The van der Waals surface area contributed by atoms with Crippen LogP contribution in [-0.2, 0) is 0 Å². The van der Waals surface area contributed by atoms with Crippen LogP contribution in [0.25, 0.3) is 0 Å². The molecular formula is C13H19ClN2O. The van der Waals surface area contributed by atoms with E-state index < -0.39 is 0 Å². The molecule has 0 saturated carbocycles. The van der Waals surface area contributed by atoms with Crippen molar-refractivity contribution in [3.63, 3.8) is 0 Å². The lowest BCUT2D eigenvalue weighted by atomic mass is 10.1. The first-order valence-electron chi connectivity index (χ1n) is 5.80. The smallest absolute Gasteiger partial charge is 0.255 e. The van der Waals surface area contributed by atoms with Gasteiger partial charge in [0.15, 0.2) is 0 Å². The van der Waals surface area contributed by atoms with Gasteiger partial charge < -0.3 is 10.6 Å². The Balaban J connectivity index is 2.98. The number of hydrogen-bond acceptors (Lipinski definition) is 2. The third-order valence-electron chi connectivity index (χ3n) is 2.51. The molecule has 1 amide bonds. The van der Waals surface area contributed by atoms with Gasteiger partial charge in [0.1, 0.15) is 0 Å². The maximum Gasteiger partial charge on any atom is 0.255 e. The topological polar surface area (TPSA) is 46.3 Å². The maximum absolute atomic E-state index is 12.3. The van der Waals surface area contributed by atoms with Crippen molar-refractivity contribution in [2.75, 3.05) is 18.8 Å². The monoisotopic (exact) mass is 254 g/mol. The van der Waals surface area contributed by atoms with Gasteiger partial charge in [0, 0.05) is 13.1 Å². The number of carbonyl (C=O) groups excluding carboxylic acids is 1. The second-order valence-corrected chi connectivity index (χ2v) is 4.82. The highest BCUT2D eigenvalue weighted by molar-refractivity contribution is 6.36. The van der Waals surface area contributed by atoms with E-state index in [2.05, 4.69) is 13.8 Å². The Bertz CT molecular complexity index is 404. The van der Waals surface area contributed by atoms with Crippen LogP contribution >= 0.6 is 11.6 Å². The Labute approximate surface area is 108 Å². The summed E-state index contributed by atoms with van der Waals surface area (Å²) in [6.07, 6.45) is 0. The molecule has 0 atom stereocenters. The summed E-state index contributed by atoms with van der Waals surface area (Å²) in [5.74, 6) is 0.372. The second kappa shape index (κ2) is 5.92. The van der Waals surface area contributed by atoms with E-state index in [1.54, 1.807) is 23.1 Å². The lowest BCUT2D eigenvalue weighted by Gasteiger charge is -2.23. The van der Waals surface area contributed by atoms with Crippen LogP contribution in [0.15, 0.2) is 18.2 Å². The number of nitrogen functional groups attached to an aromatic ring is 1. The van der Waals surface area contributed by atoms with Gasteiger partial charge in [-0.15, -0.1) is 0 Å². The highest BCUT2D eigenvalue weighted by atomic mass is 35.5. The van der Waals surface area contributed by atoms with E-state index >= 15 is 0 Å². The predicted octanol–water partition coefficient (Wildman–Crippen LogP) is 3.04. The van der Waals surface area contributed by atoms with E-state index in [0.717, 1.165) is 6.54 Å². The van der Waals surface area contributed by atoms with Crippen molar-refractivity contribution in [1.82, 2.24) is 4.90 Å². The van der Waals surface area contributed by atoms with Gasteiger partial charge in [-0.2, -0.15) is 0 Å². The number of hydrogen-bond donors (Lipinski definition) is 1. The van der Waals surface area contributed by atoms with Crippen molar-refractivity contribution in [2.45, 2.75) is 20.8 Å². The molecule has 0 aliphatic carbocycles. The molecule has 0 aromatic heterocycles. The molecule has 0 fully saturated rings. The molecule has 0 bridgehead atoms. The zero-order valence-corrected chi connectivity index (χ0v) is 11.3. The first-order valence-corrected chi connectivity index (χ1v) is 6.18. The fourth-order valence-electron chi connectivity index (χ4n) is 1.68. The molecule has 0 spiro atoms. The summed E-state index contributed by atoms with van der Waals surface area (Å²) in [5.41, 5.74) is 6.62. The van der Waals surface area contributed by atoms with Crippen LogP contribution in [-0.4, -0.2) is 23.9 Å². The number of anilines is 1. The van der Waals surface area contributed by atoms with E-state index in [1.165, 1.54) is 0 Å². The number of amides is 1. The van der Waals surface area contributed by atoms with Crippen molar-refractivity contribution in [3.05, 3.63) is 28.8 Å². The summed E-state index contributed by atoms with van der Waals surface area (Å²) in [4.78, 5) is 14.1. The van der Waals surface area contributed by atoms with Gasteiger partial charge in [0.05, 0.1) is 16.3 Å². The molecule has 0 heterocycles. The van der Waals surface area contributed by atoms with Gasteiger partial charge in [-0.1, -0.05) is 31.5 Å². The fraction of sp³-hybridized carbons (Fsp3) is 0.462. The standard InChI is InChI=1S/C13H19ClN2O/c1-4-16(8-9(2)3)13(17)10-6-5-7-11(15)12(10)14/h5-7,9H,4,8,15H2,1-3H3. The number of halogens is 1. The van der Waals surface area contributed by atoms with Gasteiger partial charge in [-0.05, 0) is 25.0 Å². The SMILES string of the molecule is CCN(CC(C)C)C(=O)c1cccc(N)c1Cl. The van der Waals surface area contributed by atoms with E-state index in [0.29, 0.717) is 28.7 Å². The molecule has 2 N–H and O–H groups in total. The molecule has 0 saturated heterocycles. The van der Waals surface area contributed by atoms with Crippen molar-refractivity contribution in [1.29, 1.82) is 0 Å². The van der Waals surface area contributed by atoms with Crippen LogP contribution in [0.1, 0.15) is 31.1 Å². The first-order chi connectivity index (χ1) is 7.97. The quantitative estimate of drug-likeness (QED) is 0.840. The Morgan fingerprint density at radius 1 is 1.47 bits per heavy atom. The minimum Gasteiger partial charge on any atom is -0.398 e. The summed E-state index contributed by atoms with van der Waals surface area (Å²) in [5, 5.41) is 0.347. The minimum atomic E-state index is -0.0569. The highest BCUT2D eigenvalue weighted by Gasteiger charge is 2.18. The zero-order chi connectivity index (χ0) is 13.0. The molecular weight excluding hydrogens is 236 g/mol. The van der Waals surface area contributed by atoms with E-state index in [9.17, 15) is 4.79 Å². The maximum atomic E-state index is 12.3. The fourth-order valence-corrected chi connectivity index (χ4v) is 1.89. The van der Waals surface area contributed by atoms with Gasteiger partial charge in [0.25, 0.3) is 5.91 Å². The highest BCUT2D eigenvalue weighted by Crippen LogP contribution is 2.24. The van der Waals surface area contributed by atoms with Gasteiger partial charge >= 0.3 is 0 Å². The van der Waals surface area contributed by atoms with Crippen molar-refractivity contribution < 1.29 is 4.79 Å². The summed E-state index contributed by atoms with van der Waals surface area (Å²) in [7, 11) is 0. The third kappa shape index (κ3) is 3.37. The van der Waals surface area contributed by atoms with E-state index in [4.69, 9.17) is 17.3 Å². The predicted molar refractivity (Wildman–Crippen MR) is 72.3 cm³/mol. The van der Waals surface area contributed by atoms with Crippen LogP contribution in [0.5, 0.6) is 0 Å². The van der Waals surface area contributed by atoms with Crippen LogP contribution in [0.4, 0.5) is 5.69 Å². The second-order valence-electron chi connectivity index (χ2n) is 4.45.